The number of nitrogens with one attached hydrogen (secondary N) is 1. The van der Waals surface area contributed by atoms with E-state index in [0.29, 0.717) is 15.9 Å². The van der Waals surface area contributed by atoms with Crippen LogP contribution in [0.15, 0.2) is 61.1 Å². The van der Waals surface area contributed by atoms with Crippen LogP contribution in [0.25, 0.3) is 0 Å². The number of hydrogen-bond acceptors (Lipinski definition) is 3. The average Bonchev–Trinajstić information content (AvgIpc) is 3.25. The number of rotatable bonds is 4. The largest absolute Gasteiger partial charge is 0.495 e. The fourth-order valence-electron chi connectivity index (χ4n) is 3.48. The van der Waals surface area contributed by atoms with Gasteiger partial charge in [-0.25, -0.2) is 0 Å². The SMILES string of the molecule is COc1ccc(N2C(=S)NC(c3ccccn3)C2c2ccn(C)c2)cc1Cl. The molecule has 2 atom stereocenters. The van der Waals surface area contributed by atoms with E-state index < -0.39 is 0 Å². The van der Waals surface area contributed by atoms with Crippen LogP contribution in [0.5, 0.6) is 5.75 Å². The number of pyridine rings is 1. The molecule has 1 fully saturated rings. The van der Waals surface area contributed by atoms with Crippen LogP contribution in [0, 0.1) is 0 Å². The second kappa shape index (κ2) is 7.21. The molecule has 138 valence electrons. The summed E-state index contributed by atoms with van der Waals surface area (Å²) in [6, 6.07) is 13.6. The maximum absolute atomic E-state index is 6.38. The molecule has 0 saturated carbocycles. The average molecular weight is 399 g/mol. The van der Waals surface area contributed by atoms with Gasteiger partial charge in [-0.3, -0.25) is 4.98 Å². The molecule has 1 saturated heterocycles. The second-order valence-electron chi connectivity index (χ2n) is 6.43. The Hall–Kier alpha value is -2.57. The van der Waals surface area contributed by atoms with Crippen molar-refractivity contribution >= 4 is 34.6 Å². The predicted molar refractivity (Wildman–Crippen MR) is 111 cm³/mol. The fraction of sp³-hybridized carbons (Fsp3) is 0.200. The van der Waals surface area contributed by atoms with Gasteiger partial charge in [0.25, 0.3) is 0 Å². The quantitative estimate of drug-likeness (QED) is 0.665. The van der Waals surface area contributed by atoms with Gasteiger partial charge in [-0.2, -0.15) is 0 Å². The number of aryl methyl sites for hydroxylation is 1. The lowest BCUT2D eigenvalue weighted by atomic mass is 9.98. The minimum atomic E-state index is -0.0676. The van der Waals surface area contributed by atoms with E-state index in [2.05, 4.69) is 27.5 Å². The van der Waals surface area contributed by atoms with E-state index in [1.165, 1.54) is 0 Å². The summed E-state index contributed by atoms with van der Waals surface area (Å²) in [5.41, 5.74) is 2.99. The van der Waals surface area contributed by atoms with Crippen LogP contribution in [0.4, 0.5) is 5.69 Å². The van der Waals surface area contributed by atoms with Crippen molar-refractivity contribution in [2.45, 2.75) is 12.1 Å². The lowest BCUT2D eigenvalue weighted by molar-refractivity contribution is 0.415. The van der Waals surface area contributed by atoms with E-state index in [4.69, 9.17) is 28.6 Å². The van der Waals surface area contributed by atoms with Crippen LogP contribution in [0.2, 0.25) is 5.02 Å². The van der Waals surface area contributed by atoms with Crippen molar-refractivity contribution in [2.24, 2.45) is 7.05 Å². The van der Waals surface area contributed by atoms with Crippen molar-refractivity contribution in [3.63, 3.8) is 0 Å². The summed E-state index contributed by atoms with van der Waals surface area (Å²) in [5, 5.41) is 4.62. The van der Waals surface area contributed by atoms with Gasteiger partial charge in [0.1, 0.15) is 5.75 Å². The lowest BCUT2D eigenvalue weighted by Gasteiger charge is -2.27. The van der Waals surface area contributed by atoms with Gasteiger partial charge in [0, 0.05) is 31.3 Å². The smallest absolute Gasteiger partial charge is 0.174 e. The van der Waals surface area contributed by atoms with Crippen LogP contribution < -0.4 is 15.0 Å². The molecule has 0 spiro atoms. The summed E-state index contributed by atoms with van der Waals surface area (Å²) in [5.74, 6) is 0.635. The van der Waals surface area contributed by atoms with Crippen LogP contribution in [0.3, 0.4) is 0 Å². The standard InChI is InChI=1S/C20H19ClN4OS/c1-24-10-8-13(12-24)19-18(16-5-3-4-9-22-16)23-20(27)25(19)14-6-7-17(26-2)15(21)11-14/h3-12,18-19H,1-2H3,(H,23,27). The zero-order valence-corrected chi connectivity index (χ0v) is 16.5. The fourth-order valence-corrected chi connectivity index (χ4v) is 4.07. The molecule has 27 heavy (non-hydrogen) atoms. The van der Waals surface area contributed by atoms with Crippen molar-refractivity contribution in [1.29, 1.82) is 0 Å². The molecular weight excluding hydrogens is 380 g/mol. The van der Waals surface area contributed by atoms with Crippen molar-refractivity contribution in [3.05, 3.63) is 77.3 Å². The Bertz CT molecular complexity index is 975. The number of benzene rings is 1. The molecule has 1 N–H and O–H groups in total. The minimum Gasteiger partial charge on any atom is -0.495 e. The van der Waals surface area contributed by atoms with Gasteiger partial charge in [-0.1, -0.05) is 17.7 Å². The van der Waals surface area contributed by atoms with Crippen LogP contribution >= 0.6 is 23.8 Å². The monoisotopic (exact) mass is 398 g/mol. The second-order valence-corrected chi connectivity index (χ2v) is 7.22. The number of thiocarbonyl (C=S) groups is 1. The van der Waals surface area contributed by atoms with Gasteiger partial charge in [0.05, 0.1) is 29.9 Å². The molecule has 7 heteroatoms. The van der Waals surface area contributed by atoms with Crippen molar-refractivity contribution in [1.82, 2.24) is 14.9 Å². The summed E-state index contributed by atoms with van der Waals surface area (Å²) < 4.78 is 7.32. The third-order valence-corrected chi connectivity index (χ3v) is 5.32. The topological polar surface area (TPSA) is 42.3 Å². The first-order chi connectivity index (χ1) is 13.1. The molecule has 1 aliphatic heterocycles. The zero-order chi connectivity index (χ0) is 19.0. The molecule has 2 aromatic heterocycles. The molecule has 0 bridgehead atoms. The normalized spacial score (nSPS) is 19.2. The minimum absolute atomic E-state index is 0.0435. The first kappa shape index (κ1) is 17.8. The highest BCUT2D eigenvalue weighted by atomic mass is 35.5. The highest BCUT2D eigenvalue weighted by Crippen LogP contribution is 2.42. The molecule has 2 unspecified atom stereocenters. The number of methoxy groups -OCH3 is 1. The maximum atomic E-state index is 6.38. The van der Waals surface area contributed by atoms with Gasteiger partial charge in [-0.05, 0) is 54.2 Å². The van der Waals surface area contributed by atoms with E-state index in [0.717, 1.165) is 16.9 Å². The molecular formula is C20H19ClN4OS. The molecule has 1 aliphatic rings. The van der Waals surface area contributed by atoms with Crippen LogP contribution in [-0.4, -0.2) is 21.8 Å². The number of anilines is 1. The van der Waals surface area contributed by atoms with E-state index in [-0.39, 0.29) is 12.1 Å². The number of hydrogen-bond donors (Lipinski definition) is 1. The number of nitrogens with zero attached hydrogens (tertiary/aromatic N) is 3. The highest BCUT2D eigenvalue weighted by Gasteiger charge is 2.41. The summed E-state index contributed by atoms with van der Waals surface area (Å²) in [4.78, 5) is 6.64. The Balaban J connectivity index is 1.81. The molecule has 3 heterocycles. The summed E-state index contributed by atoms with van der Waals surface area (Å²) in [6.07, 6.45) is 5.94. The Labute approximate surface area is 168 Å². The molecule has 0 radical (unpaired) electrons. The van der Waals surface area contributed by atoms with Gasteiger partial charge in [0.15, 0.2) is 5.11 Å². The van der Waals surface area contributed by atoms with Gasteiger partial charge >= 0.3 is 0 Å². The first-order valence-electron chi connectivity index (χ1n) is 8.54. The summed E-state index contributed by atoms with van der Waals surface area (Å²) in [7, 11) is 3.61. The Kier molecular flexibility index (Phi) is 4.76. The van der Waals surface area contributed by atoms with Crippen molar-refractivity contribution in [3.8, 4) is 5.75 Å². The van der Waals surface area contributed by atoms with Crippen LogP contribution in [-0.2, 0) is 7.05 Å². The van der Waals surface area contributed by atoms with Crippen molar-refractivity contribution in [2.75, 3.05) is 12.0 Å². The predicted octanol–water partition coefficient (Wildman–Crippen LogP) is 4.26. The van der Waals surface area contributed by atoms with E-state index >= 15 is 0 Å². The Morgan fingerprint density at radius 2 is 2.07 bits per heavy atom. The zero-order valence-electron chi connectivity index (χ0n) is 15.0. The van der Waals surface area contributed by atoms with Gasteiger partial charge < -0.3 is 19.5 Å². The Morgan fingerprint density at radius 3 is 2.70 bits per heavy atom. The molecule has 0 aliphatic carbocycles. The molecule has 0 amide bonds. The third-order valence-electron chi connectivity index (χ3n) is 4.71. The molecule has 5 nitrogen and oxygen atoms in total. The Morgan fingerprint density at radius 1 is 1.22 bits per heavy atom. The van der Waals surface area contributed by atoms with Crippen molar-refractivity contribution < 1.29 is 4.74 Å². The summed E-state index contributed by atoms with van der Waals surface area (Å²) >= 11 is 12.1. The third kappa shape index (κ3) is 3.26. The number of halogens is 1. The lowest BCUT2D eigenvalue weighted by Crippen LogP contribution is -2.29. The molecule has 1 aromatic carbocycles. The van der Waals surface area contributed by atoms with E-state index in [1.54, 1.807) is 13.3 Å². The maximum Gasteiger partial charge on any atom is 0.174 e. The highest BCUT2D eigenvalue weighted by molar-refractivity contribution is 7.80. The van der Waals surface area contributed by atoms with Gasteiger partial charge in [0.2, 0.25) is 0 Å². The molecule has 3 aromatic rings. The number of ether oxygens (including phenoxy) is 1. The number of aromatic nitrogens is 2. The van der Waals surface area contributed by atoms with E-state index in [9.17, 15) is 0 Å². The van der Waals surface area contributed by atoms with Crippen LogP contribution in [0.1, 0.15) is 23.3 Å². The first-order valence-corrected chi connectivity index (χ1v) is 9.33. The molecule has 4 rings (SSSR count). The summed E-state index contributed by atoms with van der Waals surface area (Å²) in [6.45, 7) is 0. The van der Waals surface area contributed by atoms with Gasteiger partial charge in [-0.15, -0.1) is 0 Å². The van der Waals surface area contributed by atoms with E-state index in [1.807, 2.05) is 54.2 Å².